The highest BCUT2D eigenvalue weighted by atomic mass is 15.0. The number of hydrogen-bond donors (Lipinski definition) is 0. The number of nitrogens with zero attached hydrogens (tertiary/aromatic N) is 4. The molecule has 3 aromatic heterocycles. The maximum atomic E-state index is 5.70. The van der Waals surface area contributed by atoms with Gasteiger partial charge in [0.25, 0.3) is 6.71 Å². The summed E-state index contributed by atoms with van der Waals surface area (Å²) >= 11 is 0. The Hall–Kier alpha value is -9.58. The van der Waals surface area contributed by atoms with Crippen LogP contribution >= 0.6 is 0 Å². The molecule has 18 rings (SSSR count). The topological polar surface area (TPSA) is 35.6 Å². The van der Waals surface area contributed by atoms with Crippen LogP contribution < -0.4 is 16.4 Å². The van der Waals surface area contributed by atoms with E-state index in [4.69, 9.17) is 9.97 Å². The fourth-order valence-corrected chi connectivity index (χ4v) is 16.1. The molecule has 0 saturated heterocycles. The molecule has 5 heterocycles. The SMILES string of the molecule is c1ccc(-c2cc(-c3ccccc3)c3c4cc(C5CCCCC5)cc5c4n(c3c2)-c2cc(-c3nc(-c4ccccc4)nc4ccccc34)cc3c2B5c2cc(C4CCCCC4)cc4c5c(-c6ccccc6)cc(-c6ccccc6)cc5n-3c24)cc1. The molecule has 2 fully saturated rings. The van der Waals surface area contributed by atoms with E-state index in [-0.39, 0.29) is 6.71 Å². The molecule has 85 heavy (non-hydrogen) atoms. The average molecular weight is 1090 g/mol. The lowest BCUT2D eigenvalue weighted by atomic mass is 9.34. The van der Waals surface area contributed by atoms with Crippen LogP contribution in [0.1, 0.15) is 87.2 Å². The summed E-state index contributed by atoms with van der Waals surface area (Å²) in [5, 5.41) is 6.39. The van der Waals surface area contributed by atoms with Crippen LogP contribution in [0.15, 0.2) is 237 Å². The Balaban J connectivity index is 1.06. The molecular formula is C80H61BN4. The van der Waals surface area contributed by atoms with Crippen LogP contribution in [0.5, 0.6) is 0 Å². The van der Waals surface area contributed by atoms with Gasteiger partial charge in [-0.15, -0.1) is 0 Å². The molecule has 0 spiro atoms. The zero-order chi connectivity index (χ0) is 55.7. The fourth-order valence-electron chi connectivity index (χ4n) is 16.1. The number of hydrogen-bond acceptors (Lipinski definition) is 2. The minimum absolute atomic E-state index is 0.0469. The Labute approximate surface area is 496 Å². The van der Waals surface area contributed by atoms with E-state index >= 15 is 0 Å². The first kappa shape index (κ1) is 48.9. The lowest BCUT2D eigenvalue weighted by molar-refractivity contribution is 0.444. The van der Waals surface area contributed by atoms with Crippen LogP contribution in [0, 0.1) is 0 Å². The molecule has 0 N–H and O–H groups in total. The maximum absolute atomic E-state index is 5.70. The molecule has 2 aliphatic carbocycles. The Bertz CT molecular complexity index is 4740. The van der Waals surface area contributed by atoms with Crippen molar-refractivity contribution in [2.75, 3.05) is 0 Å². The minimum Gasteiger partial charge on any atom is -0.310 e. The fraction of sp³-hybridized carbons (Fsp3) is 0.150. The lowest BCUT2D eigenvalue weighted by Crippen LogP contribution is -2.59. The van der Waals surface area contributed by atoms with Crippen molar-refractivity contribution in [3.63, 3.8) is 0 Å². The molecule has 4 nitrogen and oxygen atoms in total. The van der Waals surface area contributed by atoms with Crippen LogP contribution in [0.25, 0.3) is 133 Å². The highest BCUT2D eigenvalue weighted by Crippen LogP contribution is 2.49. The molecule has 0 amide bonds. The lowest BCUT2D eigenvalue weighted by Gasteiger charge is -2.35. The Morgan fingerprint density at radius 1 is 0.341 bits per heavy atom. The van der Waals surface area contributed by atoms with Gasteiger partial charge < -0.3 is 9.13 Å². The van der Waals surface area contributed by atoms with Crippen molar-refractivity contribution in [2.24, 2.45) is 0 Å². The van der Waals surface area contributed by atoms with E-state index < -0.39 is 0 Å². The van der Waals surface area contributed by atoms with Crippen molar-refractivity contribution in [1.29, 1.82) is 0 Å². The predicted molar refractivity (Wildman–Crippen MR) is 357 cm³/mol. The second-order valence-corrected chi connectivity index (χ2v) is 24.8. The number of para-hydroxylation sites is 1. The van der Waals surface area contributed by atoms with E-state index in [1.807, 2.05) is 0 Å². The van der Waals surface area contributed by atoms with Gasteiger partial charge in [0, 0.05) is 60.5 Å². The third-order valence-corrected chi connectivity index (χ3v) is 20.0. The summed E-state index contributed by atoms with van der Waals surface area (Å²) in [4.78, 5) is 11.0. The van der Waals surface area contributed by atoms with Crippen molar-refractivity contribution in [1.82, 2.24) is 19.1 Å². The second kappa shape index (κ2) is 19.5. The van der Waals surface area contributed by atoms with E-state index in [0.717, 1.165) is 33.5 Å². The molecule has 4 aliphatic rings. The zero-order valence-corrected chi connectivity index (χ0v) is 47.6. The van der Waals surface area contributed by atoms with Gasteiger partial charge in [-0.3, -0.25) is 0 Å². The van der Waals surface area contributed by atoms with Crippen LogP contribution in [0.4, 0.5) is 0 Å². The summed E-state index contributed by atoms with van der Waals surface area (Å²) in [5.74, 6) is 1.72. The molecule has 0 bridgehead atoms. The normalized spacial score (nSPS) is 14.9. The van der Waals surface area contributed by atoms with Crippen molar-refractivity contribution >= 4 is 77.6 Å². The molecule has 5 heteroatoms. The van der Waals surface area contributed by atoms with Crippen molar-refractivity contribution in [3.05, 3.63) is 248 Å². The van der Waals surface area contributed by atoms with Crippen molar-refractivity contribution in [2.45, 2.75) is 76.0 Å². The number of fused-ring (bicyclic) bond motifs is 11. The van der Waals surface area contributed by atoms with Gasteiger partial charge in [-0.1, -0.05) is 221 Å². The van der Waals surface area contributed by atoms with Gasteiger partial charge in [0.15, 0.2) is 5.82 Å². The first-order chi connectivity index (χ1) is 42.2. The van der Waals surface area contributed by atoms with Crippen molar-refractivity contribution < 1.29 is 0 Å². The van der Waals surface area contributed by atoms with E-state index in [9.17, 15) is 0 Å². The van der Waals surface area contributed by atoms with Gasteiger partial charge in [-0.2, -0.15) is 0 Å². The highest BCUT2D eigenvalue weighted by molar-refractivity contribution is 7.00. The highest BCUT2D eigenvalue weighted by Gasteiger charge is 2.43. The molecule has 0 unspecified atom stereocenters. The van der Waals surface area contributed by atoms with Crippen molar-refractivity contribution in [3.8, 4) is 78.5 Å². The summed E-state index contributed by atoms with van der Waals surface area (Å²) in [7, 11) is 0. The molecule has 11 aromatic carbocycles. The molecule has 0 atom stereocenters. The van der Waals surface area contributed by atoms with Gasteiger partial charge in [0.1, 0.15) is 0 Å². The first-order valence-electron chi connectivity index (χ1n) is 31.2. The minimum atomic E-state index is -0.0469. The maximum Gasteiger partial charge on any atom is 0.252 e. The molecule has 2 saturated carbocycles. The molecular weight excluding hydrogens is 1030 g/mol. The largest absolute Gasteiger partial charge is 0.310 e. The third kappa shape index (κ3) is 7.68. The van der Waals surface area contributed by atoms with Crippen LogP contribution in [-0.2, 0) is 0 Å². The van der Waals surface area contributed by atoms with Gasteiger partial charge in [-0.05, 0) is 164 Å². The van der Waals surface area contributed by atoms with Crippen LogP contribution in [0.2, 0.25) is 0 Å². The molecule has 2 aliphatic heterocycles. The first-order valence-corrected chi connectivity index (χ1v) is 31.2. The molecule has 404 valence electrons. The summed E-state index contributed by atoms with van der Waals surface area (Å²) < 4.78 is 5.46. The summed E-state index contributed by atoms with van der Waals surface area (Å²) in [5.41, 5.74) is 28.6. The monoisotopic (exact) mass is 1090 g/mol. The van der Waals surface area contributed by atoms with Crippen LogP contribution in [-0.4, -0.2) is 25.8 Å². The Morgan fingerprint density at radius 3 is 1.24 bits per heavy atom. The summed E-state index contributed by atoms with van der Waals surface area (Å²) in [6.07, 6.45) is 12.6. The average Bonchev–Trinajstić information content (AvgIpc) is 2.21. The Morgan fingerprint density at radius 2 is 0.765 bits per heavy atom. The predicted octanol–water partition coefficient (Wildman–Crippen LogP) is 19.1. The number of aromatic nitrogens is 4. The third-order valence-electron chi connectivity index (χ3n) is 20.0. The molecule has 0 radical (unpaired) electrons. The second-order valence-electron chi connectivity index (χ2n) is 24.8. The summed E-state index contributed by atoms with van der Waals surface area (Å²) in [6.45, 7) is -0.0469. The van der Waals surface area contributed by atoms with Gasteiger partial charge in [0.05, 0.1) is 22.2 Å². The van der Waals surface area contributed by atoms with Gasteiger partial charge in [-0.25, -0.2) is 9.97 Å². The zero-order valence-electron chi connectivity index (χ0n) is 47.6. The number of benzene rings is 11. The van der Waals surface area contributed by atoms with Gasteiger partial charge >= 0.3 is 0 Å². The summed E-state index contributed by atoms with van der Waals surface area (Å²) in [6, 6.07) is 89.6. The quantitative estimate of drug-likeness (QED) is 0.142. The smallest absolute Gasteiger partial charge is 0.252 e. The van der Waals surface area contributed by atoms with E-state index in [1.54, 1.807) is 0 Å². The Kier molecular flexibility index (Phi) is 11.2. The van der Waals surface area contributed by atoms with E-state index in [1.165, 1.54) is 191 Å². The molecule has 14 aromatic rings. The number of rotatable bonds is 8. The van der Waals surface area contributed by atoms with Gasteiger partial charge in [0.2, 0.25) is 0 Å². The van der Waals surface area contributed by atoms with Crippen LogP contribution in [0.3, 0.4) is 0 Å². The standard InChI is InChI=1S/C80H61BN4/c1-8-24-50(25-9-1)57-42-65-74-63(54-32-16-5-17-33-54)40-59(52-28-12-3-13-29-52)46-70(74)84-72-48-61(77-62-38-22-23-39-69(62)82-80(83-77)56-36-20-7-21-37-56)49-73-76(72)81(67(44-57)78(65)84)68-45-58(51-26-10-2-11-27-51)43-66-75-64(55-34-18-6-19-35-55)41-60(53-30-14-4-15-31-53)47-71(75)85(73)79(66)68/h3-7,12-23,28-51H,1-2,8-11,24-27H2. The van der Waals surface area contributed by atoms with E-state index in [0.29, 0.717) is 11.8 Å². The van der Waals surface area contributed by atoms with E-state index in [2.05, 4.69) is 246 Å².